The van der Waals surface area contributed by atoms with E-state index in [9.17, 15) is 9.59 Å². The number of hydrogen-bond donors (Lipinski definition) is 2. The van der Waals surface area contributed by atoms with Crippen LogP contribution in [0.15, 0.2) is 88.3 Å². The third kappa shape index (κ3) is 3.77. The van der Waals surface area contributed by atoms with Gasteiger partial charge in [0, 0.05) is 29.0 Å². The molecule has 34 heavy (non-hydrogen) atoms. The van der Waals surface area contributed by atoms with Crippen molar-refractivity contribution < 1.29 is 14.3 Å². The van der Waals surface area contributed by atoms with Crippen molar-refractivity contribution in [2.75, 3.05) is 12.0 Å². The number of fused-ring (bicyclic) bond motifs is 3. The number of anilines is 1. The lowest BCUT2D eigenvalue weighted by molar-refractivity contribution is -0.118. The molecule has 2 N–H and O–H groups in total. The van der Waals surface area contributed by atoms with Crippen molar-refractivity contribution in [1.29, 1.82) is 0 Å². The highest BCUT2D eigenvalue weighted by Gasteiger charge is 2.43. The van der Waals surface area contributed by atoms with Gasteiger partial charge in [0.15, 0.2) is 5.17 Å². The Morgan fingerprint density at radius 2 is 1.79 bits per heavy atom. The third-order valence-corrected chi connectivity index (χ3v) is 6.48. The van der Waals surface area contributed by atoms with Crippen molar-refractivity contribution in [1.82, 2.24) is 20.8 Å². The van der Waals surface area contributed by atoms with Crippen LogP contribution in [0.5, 0.6) is 5.75 Å². The summed E-state index contributed by atoms with van der Waals surface area (Å²) in [5.74, 6) is -0.264. The second-order valence-corrected chi connectivity index (χ2v) is 8.48. The summed E-state index contributed by atoms with van der Waals surface area (Å²) in [6.07, 6.45) is 4.70. The number of ether oxygens (including phenoxy) is 1. The lowest BCUT2D eigenvalue weighted by atomic mass is 9.97. The maximum Gasteiger partial charge on any atom is 0.269 e. The molecule has 4 heterocycles. The molecule has 10 heteroatoms. The molecule has 170 valence electrons. The lowest BCUT2D eigenvalue weighted by Gasteiger charge is -2.34. The van der Waals surface area contributed by atoms with Crippen LogP contribution in [0.3, 0.4) is 0 Å². The van der Waals surface area contributed by atoms with E-state index in [1.807, 2.05) is 41.3 Å². The van der Waals surface area contributed by atoms with Crippen molar-refractivity contribution in [2.45, 2.75) is 17.9 Å². The van der Waals surface area contributed by atoms with Crippen molar-refractivity contribution in [3.63, 3.8) is 0 Å². The average molecular weight is 473 g/mol. The number of amidine groups is 1. The van der Waals surface area contributed by atoms with Gasteiger partial charge in [-0.1, -0.05) is 12.1 Å². The largest absolute Gasteiger partial charge is 0.495 e. The Bertz CT molecular complexity index is 1330. The van der Waals surface area contributed by atoms with Gasteiger partial charge >= 0.3 is 0 Å². The quantitative estimate of drug-likeness (QED) is 0.561. The summed E-state index contributed by atoms with van der Waals surface area (Å²) < 4.78 is 5.63. The Kier molecular flexibility index (Phi) is 5.72. The number of amides is 2. The number of carbonyl (C=O) groups excluding carboxylic acids is 2. The number of nitrogens with one attached hydrogen (secondary N) is 2. The summed E-state index contributed by atoms with van der Waals surface area (Å²) in [6.45, 7) is 1.78. The minimum atomic E-state index is -0.573. The molecule has 0 bridgehead atoms. The van der Waals surface area contributed by atoms with Crippen LogP contribution in [-0.2, 0) is 4.79 Å². The Balaban J connectivity index is 1.53. The van der Waals surface area contributed by atoms with E-state index in [-0.39, 0.29) is 0 Å². The highest BCUT2D eigenvalue weighted by Crippen LogP contribution is 2.52. The predicted molar refractivity (Wildman–Crippen MR) is 128 cm³/mol. The van der Waals surface area contributed by atoms with Crippen LogP contribution in [0.2, 0.25) is 0 Å². The van der Waals surface area contributed by atoms with Gasteiger partial charge in [-0.3, -0.25) is 30.4 Å². The smallest absolute Gasteiger partial charge is 0.269 e. The summed E-state index contributed by atoms with van der Waals surface area (Å²) in [5, 5.41) is 0.727. The SMILES string of the molecule is COc1cccc2c1N1C(=NC(C)=C(C(=O)NNC(=O)c3ccncc3)C1c1ccccn1)S2. The van der Waals surface area contributed by atoms with Gasteiger partial charge in [-0.2, -0.15) is 0 Å². The van der Waals surface area contributed by atoms with E-state index in [0.717, 1.165) is 15.8 Å². The van der Waals surface area contributed by atoms with Gasteiger partial charge in [0.05, 0.1) is 24.1 Å². The van der Waals surface area contributed by atoms with E-state index in [1.165, 1.54) is 24.2 Å². The van der Waals surface area contributed by atoms with Crippen LogP contribution in [-0.4, -0.2) is 34.1 Å². The molecule has 1 aromatic carbocycles. The minimum absolute atomic E-state index is 0.372. The molecule has 2 aliphatic heterocycles. The number of rotatable bonds is 4. The lowest BCUT2D eigenvalue weighted by Crippen LogP contribution is -2.46. The molecule has 0 saturated carbocycles. The number of aromatic nitrogens is 2. The Morgan fingerprint density at radius 1 is 1.00 bits per heavy atom. The summed E-state index contributed by atoms with van der Waals surface area (Å²) in [6, 6.07) is 13.9. The number of benzene rings is 1. The number of allylic oxidation sites excluding steroid dienone is 1. The number of carbonyl (C=O) groups is 2. The van der Waals surface area contributed by atoms with Gasteiger partial charge < -0.3 is 9.64 Å². The molecule has 3 aromatic rings. The first-order valence-corrected chi connectivity index (χ1v) is 11.3. The van der Waals surface area contributed by atoms with Gasteiger partial charge in [-0.05, 0) is 55.1 Å². The van der Waals surface area contributed by atoms with Crippen LogP contribution < -0.4 is 20.5 Å². The van der Waals surface area contributed by atoms with E-state index in [4.69, 9.17) is 9.73 Å². The average Bonchev–Trinajstić information content (AvgIpc) is 3.25. The number of pyridine rings is 2. The fourth-order valence-electron chi connectivity index (χ4n) is 3.94. The molecule has 0 saturated heterocycles. The number of hydrazine groups is 1. The molecule has 0 aliphatic carbocycles. The molecular formula is C24H20N6O3S. The van der Waals surface area contributed by atoms with E-state index < -0.39 is 17.9 Å². The van der Waals surface area contributed by atoms with Gasteiger partial charge in [-0.25, -0.2) is 4.99 Å². The summed E-state index contributed by atoms with van der Waals surface area (Å²) in [7, 11) is 1.61. The molecule has 2 amide bonds. The highest BCUT2D eigenvalue weighted by molar-refractivity contribution is 8.14. The molecular weight excluding hydrogens is 452 g/mol. The van der Waals surface area contributed by atoms with Crippen molar-refractivity contribution in [2.24, 2.45) is 4.99 Å². The maximum absolute atomic E-state index is 13.4. The Labute approximate surface area is 199 Å². The predicted octanol–water partition coefficient (Wildman–Crippen LogP) is 3.24. The highest BCUT2D eigenvalue weighted by atomic mass is 32.2. The number of aliphatic imine (C=N–C) groups is 1. The summed E-state index contributed by atoms with van der Waals surface area (Å²) >= 11 is 1.51. The zero-order chi connectivity index (χ0) is 23.7. The van der Waals surface area contributed by atoms with Gasteiger partial charge in [0.2, 0.25) is 0 Å². The van der Waals surface area contributed by atoms with Crippen LogP contribution in [0.4, 0.5) is 5.69 Å². The number of nitrogens with zero attached hydrogens (tertiary/aromatic N) is 4. The van der Waals surface area contributed by atoms with Gasteiger partial charge in [0.25, 0.3) is 11.8 Å². The van der Waals surface area contributed by atoms with Crippen molar-refractivity contribution in [3.8, 4) is 5.75 Å². The van der Waals surface area contributed by atoms with E-state index in [0.29, 0.717) is 28.3 Å². The molecule has 2 aromatic heterocycles. The standard InChI is InChI=1S/C24H20N6O3S/c1-14-19(23(32)29-28-22(31)15-9-12-25-13-10-15)20(16-6-3-4-11-26-16)30-21-17(33-2)7-5-8-18(21)34-24(30)27-14/h3-13,20H,1-2H3,(H,28,31)(H,29,32). The fraction of sp³-hybridized carbons (Fsp3) is 0.125. The Hall–Kier alpha value is -4.18. The molecule has 5 rings (SSSR count). The van der Waals surface area contributed by atoms with Gasteiger partial charge in [0.1, 0.15) is 17.5 Å². The minimum Gasteiger partial charge on any atom is -0.495 e. The fourth-order valence-corrected chi connectivity index (χ4v) is 5.06. The van der Waals surface area contributed by atoms with Crippen LogP contribution in [0.1, 0.15) is 29.0 Å². The normalized spacial score (nSPS) is 16.4. The van der Waals surface area contributed by atoms with E-state index in [2.05, 4.69) is 20.8 Å². The van der Waals surface area contributed by atoms with E-state index in [1.54, 1.807) is 32.4 Å². The van der Waals surface area contributed by atoms with Crippen LogP contribution in [0, 0.1) is 0 Å². The second kappa shape index (κ2) is 8.99. The monoisotopic (exact) mass is 472 g/mol. The topological polar surface area (TPSA) is 109 Å². The van der Waals surface area contributed by atoms with Gasteiger partial charge in [-0.15, -0.1) is 0 Å². The molecule has 2 aliphatic rings. The zero-order valence-electron chi connectivity index (χ0n) is 18.4. The molecule has 1 unspecified atom stereocenters. The van der Waals surface area contributed by atoms with Crippen molar-refractivity contribution in [3.05, 3.63) is 89.6 Å². The second-order valence-electron chi connectivity index (χ2n) is 7.47. The first-order valence-electron chi connectivity index (χ1n) is 10.4. The van der Waals surface area contributed by atoms with Crippen LogP contribution >= 0.6 is 11.8 Å². The number of thioether (sulfide) groups is 1. The molecule has 0 spiro atoms. The van der Waals surface area contributed by atoms with E-state index >= 15 is 0 Å². The molecule has 1 atom stereocenters. The first-order chi connectivity index (χ1) is 16.6. The molecule has 0 radical (unpaired) electrons. The zero-order valence-corrected chi connectivity index (χ0v) is 19.2. The molecule has 9 nitrogen and oxygen atoms in total. The summed E-state index contributed by atoms with van der Waals surface area (Å²) in [4.78, 5) is 42.0. The maximum atomic E-state index is 13.4. The number of methoxy groups -OCH3 is 1. The molecule has 0 fully saturated rings. The number of hydrogen-bond acceptors (Lipinski definition) is 8. The first kappa shape index (κ1) is 21.7. The number of para-hydroxylation sites is 1. The Morgan fingerprint density at radius 3 is 2.53 bits per heavy atom. The van der Waals surface area contributed by atoms with Crippen LogP contribution in [0.25, 0.3) is 0 Å². The summed E-state index contributed by atoms with van der Waals surface area (Å²) in [5.41, 5.74) is 7.78. The van der Waals surface area contributed by atoms with Crippen molar-refractivity contribution >= 4 is 34.4 Å². The third-order valence-electron chi connectivity index (χ3n) is 5.46.